The fourth-order valence-electron chi connectivity index (χ4n) is 3.17. The van der Waals surface area contributed by atoms with Crippen molar-refractivity contribution in [2.45, 2.75) is 24.4 Å². The summed E-state index contributed by atoms with van der Waals surface area (Å²) in [5.74, 6) is -10.9. The van der Waals surface area contributed by atoms with Gasteiger partial charge in [-0.3, -0.25) is 0 Å². The van der Waals surface area contributed by atoms with Crippen molar-refractivity contribution in [2.75, 3.05) is 0 Å². The van der Waals surface area contributed by atoms with Crippen LogP contribution in [0.3, 0.4) is 0 Å². The van der Waals surface area contributed by atoms with Crippen LogP contribution in [0.5, 0.6) is 0 Å². The van der Waals surface area contributed by atoms with Crippen molar-refractivity contribution >= 4 is 0 Å². The Morgan fingerprint density at radius 3 is 2.11 bits per heavy atom. The number of alkyl halides is 7. The predicted molar refractivity (Wildman–Crippen MR) is 86.7 cm³/mol. The molecule has 0 atom stereocenters. The highest BCUT2D eigenvalue weighted by Crippen LogP contribution is 2.51. The summed E-state index contributed by atoms with van der Waals surface area (Å²) in [5.41, 5.74) is 1.30. The molecular formula is C19H11F7N2. The maximum absolute atomic E-state index is 13.8. The summed E-state index contributed by atoms with van der Waals surface area (Å²) >= 11 is 0. The molecule has 0 amide bonds. The molecule has 0 saturated carbocycles. The molecule has 1 aliphatic rings. The van der Waals surface area contributed by atoms with Crippen LogP contribution in [-0.4, -0.2) is 21.6 Å². The lowest BCUT2D eigenvalue weighted by Gasteiger charge is -2.28. The summed E-state index contributed by atoms with van der Waals surface area (Å²) < 4.78 is 92.7. The molecule has 0 aliphatic carbocycles. The van der Waals surface area contributed by atoms with Gasteiger partial charge in [-0.25, -0.2) is 4.98 Å². The van der Waals surface area contributed by atoms with Crippen LogP contribution in [-0.2, 0) is 12.3 Å². The van der Waals surface area contributed by atoms with Crippen molar-refractivity contribution in [2.24, 2.45) is 0 Å². The molecule has 146 valence electrons. The van der Waals surface area contributed by atoms with Gasteiger partial charge in [0.15, 0.2) is 0 Å². The van der Waals surface area contributed by atoms with Crippen molar-refractivity contribution in [3.05, 3.63) is 71.7 Å². The van der Waals surface area contributed by atoms with Gasteiger partial charge < -0.3 is 4.57 Å². The monoisotopic (exact) mass is 400 g/mol. The second-order valence-electron chi connectivity index (χ2n) is 6.44. The molecule has 2 aromatic carbocycles. The lowest BCUT2D eigenvalue weighted by atomic mass is 10.00. The highest BCUT2D eigenvalue weighted by atomic mass is 19.4. The van der Waals surface area contributed by atoms with Gasteiger partial charge in [0.2, 0.25) is 0 Å². The van der Waals surface area contributed by atoms with Gasteiger partial charge in [-0.2, -0.15) is 30.7 Å². The molecular weight excluding hydrogens is 389 g/mol. The Labute approximate surface area is 154 Å². The fraction of sp³-hybridized carbons (Fsp3) is 0.211. The standard InChI is InChI=1S/C19H11F7N2/c20-17(21,18(22,23)19(24,25)26)13-7-5-11(6-8-13)14-10-28-15-4-2-1-3-12(15)9-16(28)27-14/h1-8,10H,9H2. The van der Waals surface area contributed by atoms with Crippen LogP contribution < -0.4 is 0 Å². The van der Waals surface area contributed by atoms with E-state index in [9.17, 15) is 30.7 Å². The third-order valence-corrected chi connectivity index (χ3v) is 4.67. The molecule has 1 aliphatic heterocycles. The molecule has 1 aromatic heterocycles. The Morgan fingerprint density at radius 1 is 0.821 bits per heavy atom. The number of rotatable bonds is 3. The normalized spacial score (nSPS) is 14.1. The molecule has 0 spiro atoms. The van der Waals surface area contributed by atoms with Crippen molar-refractivity contribution in [3.63, 3.8) is 0 Å². The van der Waals surface area contributed by atoms with E-state index in [2.05, 4.69) is 4.98 Å². The van der Waals surface area contributed by atoms with Gasteiger partial charge in [-0.1, -0.05) is 42.5 Å². The van der Waals surface area contributed by atoms with Crippen LogP contribution in [0.4, 0.5) is 30.7 Å². The maximum Gasteiger partial charge on any atom is 0.460 e. The molecule has 0 fully saturated rings. The summed E-state index contributed by atoms with van der Waals surface area (Å²) in [6.07, 6.45) is -4.13. The van der Waals surface area contributed by atoms with E-state index < -0.39 is 23.6 Å². The minimum Gasteiger partial charge on any atom is -0.303 e. The van der Waals surface area contributed by atoms with Crippen LogP contribution in [0.2, 0.25) is 0 Å². The van der Waals surface area contributed by atoms with E-state index in [0.29, 0.717) is 35.6 Å². The van der Waals surface area contributed by atoms with Gasteiger partial charge in [-0.15, -0.1) is 0 Å². The summed E-state index contributed by atoms with van der Waals surface area (Å²) in [4.78, 5) is 4.40. The van der Waals surface area contributed by atoms with Crippen LogP contribution >= 0.6 is 0 Å². The van der Waals surface area contributed by atoms with E-state index in [1.165, 1.54) is 0 Å². The van der Waals surface area contributed by atoms with E-state index in [-0.39, 0.29) is 0 Å². The molecule has 0 unspecified atom stereocenters. The lowest BCUT2D eigenvalue weighted by Crippen LogP contribution is -2.49. The molecule has 2 heterocycles. The molecule has 9 heteroatoms. The first kappa shape index (κ1) is 18.5. The third kappa shape index (κ3) is 2.60. The van der Waals surface area contributed by atoms with E-state index in [4.69, 9.17) is 0 Å². The number of imidazole rings is 1. The van der Waals surface area contributed by atoms with E-state index in [1.54, 1.807) is 6.20 Å². The quantitative estimate of drug-likeness (QED) is 0.402. The molecule has 2 nitrogen and oxygen atoms in total. The summed E-state index contributed by atoms with van der Waals surface area (Å²) in [5, 5.41) is 0. The molecule has 4 rings (SSSR count). The van der Waals surface area contributed by atoms with E-state index in [1.807, 2.05) is 28.8 Å². The van der Waals surface area contributed by atoms with Gasteiger partial charge in [0, 0.05) is 23.7 Å². The Morgan fingerprint density at radius 2 is 1.46 bits per heavy atom. The predicted octanol–water partition coefficient (Wildman–Crippen LogP) is 5.73. The zero-order valence-corrected chi connectivity index (χ0v) is 13.9. The zero-order chi connectivity index (χ0) is 20.3. The number of benzene rings is 2. The minimum absolute atomic E-state index is 0.328. The largest absolute Gasteiger partial charge is 0.460 e. The number of hydrogen-bond acceptors (Lipinski definition) is 1. The smallest absolute Gasteiger partial charge is 0.303 e. The SMILES string of the molecule is FC(F)(F)C(F)(F)C(F)(F)c1ccc(-c2cn3c(n2)Cc2ccccc2-3)cc1. The number of hydrogen-bond donors (Lipinski definition) is 0. The molecule has 0 saturated heterocycles. The highest BCUT2D eigenvalue weighted by molar-refractivity contribution is 5.62. The van der Waals surface area contributed by atoms with Crippen molar-refractivity contribution in [3.8, 4) is 16.9 Å². The van der Waals surface area contributed by atoms with Crippen LogP contribution in [0.15, 0.2) is 54.7 Å². The minimum atomic E-state index is -6.37. The van der Waals surface area contributed by atoms with Gasteiger partial charge in [0.25, 0.3) is 0 Å². The first-order chi connectivity index (χ1) is 13.0. The summed E-state index contributed by atoms with van der Waals surface area (Å²) in [6.45, 7) is 0. The molecule has 0 bridgehead atoms. The van der Waals surface area contributed by atoms with Crippen molar-refractivity contribution in [1.29, 1.82) is 0 Å². The van der Waals surface area contributed by atoms with Gasteiger partial charge >= 0.3 is 18.0 Å². The van der Waals surface area contributed by atoms with Crippen molar-refractivity contribution in [1.82, 2.24) is 9.55 Å². The summed E-state index contributed by atoms with van der Waals surface area (Å²) in [7, 11) is 0. The second kappa shape index (κ2) is 5.83. The fourth-order valence-corrected chi connectivity index (χ4v) is 3.17. The number of aromatic nitrogens is 2. The highest BCUT2D eigenvalue weighted by Gasteiger charge is 2.73. The van der Waals surface area contributed by atoms with E-state index in [0.717, 1.165) is 23.4 Å². The number of halogens is 7. The average Bonchev–Trinajstić information content (AvgIpc) is 3.18. The van der Waals surface area contributed by atoms with Gasteiger partial charge in [0.05, 0.1) is 11.4 Å². The van der Waals surface area contributed by atoms with Crippen LogP contribution in [0.1, 0.15) is 17.0 Å². The summed E-state index contributed by atoms with van der Waals surface area (Å²) in [6, 6.07) is 10.8. The van der Waals surface area contributed by atoms with Crippen LogP contribution in [0.25, 0.3) is 16.9 Å². The zero-order valence-electron chi connectivity index (χ0n) is 13.9. The Kier molecular flexibility index (Phi) is 3.85. The maximum atomic E-state index is 13.8. The average molecular weight is 400 g/mol. The van der Waals surface area contributed by atoms with Crippen LogP contribution in [0, 0.1) is 0 Å². The van der Waals surface area contributed by atoms with Gasteiger partial charge in [0.1, 0.15) is 5.82 Å². The van der Waals surface area contributed by atoms with Crippen molar-refractivity contribution < 1.29 is 30.7 Å². The first-order valence-electron chi connectivity index (χ1n) is 8.12. The number of fused-ring (bicyclic) bond motifs is 3. The molecule has 28 heavy (non-hydrogen) atoms. The molecule has 3 aromatic rings. The second-order valence-corrected chi connectivity index (χ2v) is 6.44. The first-order valence-corrected chi connectivity index (χ1v) is 8.12. The topological polar surface area (TPSA) is 17.8 Å². The van der Waals surface area contributed by atoms with Gasteiger partial charge in [-0.05, 0) is 11.6 Å². The Balaban J connectivity index is 1.66. The molecule has 0 radical (unpaired) electrons. The number of nitrogens with zero attached hydrogens (tertiary/aromatic N) is 2. The van der Waals surface area contributed by atoms with E-state index >= 15 is 0 Å². The lowest BCUT2D eigenvalue weighted by molar-refractivity contribution is -0.359. The number of para-hydroxylation sites is 1. The Bertz CT molecular complexity index is 1030. The molecule has 0 N–H and O–H groups in total. The Hall–Kier alpha value is -2.84. The third-order valence-electron chi connectivity index (χ3n) is 4.67.